The van der Waals surface area contributed by atoms with Crippen molar-refractivity contribution in [1.29, 1.82) is 0 Å². The Morgan fingerprint density at radius 1 is 0.889 bits per heavy atom. The lowest BCUT2D eigenvalue weighted by Crippen LogP contribution is -2.32. The molecule has 4 nitrogen and oxygen atoms in total. The highest BCUT2D eigenvalue weighted by Gasteiger charge is 2.11. The topological polar surface area (TPSA) is 49.4 Å². The summed E-state index contributed by atoms with van der Waals surface area (Å²) in [5, 5.41) is 5.16. The van der Waals surface area contributed by atoms with E-state index in [9.17, 15) is 9.59 Å². The van der Waals surface area contributed by atoms with Crippen LogP contribution in [0.15, 0.2) is 72.8 Å². The predicted octanol–water partition coefficient (Wildman–Crippen LogP) is 3.55. The summed E-state index contributed by atoms with van der Waals surface area (Å²) in [5.74, 6) is -0.0475. The third-order valence-corrected chi connectivity index (χ3v) is 4.58. The van der Waals surface area contributed by atoms with E-state index in [2.05, 4.69) is 23.5 Å². The zero-order valence-corrected chi connectivity index (χ0v) is 15.5. The molecule has 27 heavy (non-hydrogen) atoms. The minimum absolute atomic E-state index is 0.0166. The zero-order valence-electron chi connectivity index (χ0n) is 15.5. The highest BCUT2D eigenvalue weighted by molar-refractivity contribution is 5.86. The summed E-state index contributed by atoms with van der Waals surface area (Å²) in [6.45, 7) is 0.905. The molecule has 138 valence electrons. The molecule has 2 amide bonds. The molecule has 0 heterocycles. The summed E-state index contributed by atoms with van der Waals surface area (Å²) in [4.78, 5) is 26.1. The average Bonchev–Trinajstić information content (AvgIpc) is 2.69. The fourth-order valence-electron chi connectivity index (χ4n) is 3.12. The Balaban J connectivity index is 1.48. The van der Waals surface area contributed by atoms with Crippen LogP contribution in [0.25, 0.3) is 10.8 Å². The number of rotatable bonds is 7. The number of benzene rings is 3. The number of nitrogens with zero attached hydrogens (tertiary/aromatic N) is 1. The van der Waals surface area contributed by atoms with Gasteiger partial charge in [0.2, 0.25) is 11.8 Å². The monoisotopic (exact) mass is 360 g/mol. The van der Waals surface area contributed by atoms with Gasteiger partial charge in [-0.2, -0.15) is 0 Å². The Morgan fingerprint density at radius 3 is 2.41 bits per heavy atom. The molecular weight excluding hydrogens is 336 g/mol. The fourth-order valence-corrected chi connectivity index (χ4v) is 3.12. The minimum Gasteiger partial charge on any atom is -0.355 e. The number of hydrogen-bond acceptors (Lipinski definition) is 2. The fraction of sp³-hybridized carbons (Fsp3) is 0.217. The van der Waals surface area contributed by atoms with Crippen molar-refractivity contribution in [1.82, 2.24) is 10.2 Å². The molecule has 0 aliphatic heterocycles. The lowest BCUT2D eigenvalue weighted by molar-refractivity contribution is -0.130. The van der Waals surface area contributed by atoms with Crippen LogP contribution in [-0.2, 0) is 22.6 Å². The Labute approximate surface area is 159 Å². The Bertz CT molecular complexity index is 917. The van der Waals surface area contributed by atoms with Gasteiger partial charge in [0.1, 0.15) is 0 Å². The van der Waals surface area contributed by atoms with Crippen molar-refractivity contribution >= 4 is 22.6 Å². The van der Waals surface area contributed by atoms with Gasteiger partial charge < -0.3 is 10.2 Å². The van der Waals surface area contributed by atoms with Gasteiger partial charge >= 0.3 is 0 Å². The molecule has 0 saturated heterocycles. The molecule has 0 fully saturated rings. The summed E-state index contributed by atoms with van der Waals surface area (Å²) in [7, 11) is 1.80. The third kappa shape index (κ3) is 5.17. The average molecular weight is 360 g/mol. The molecule has 3 aromatic carbocycles. The van der Waals surface area contributed by atoms with E-state index in [1.165, 1.54) is 5.39 Å². The predicted molar refractivity (Wildman–Crippen MR) is 108 cm³/mol. The Hall–Kier alpha value is -3.14. The van der Waals surface area contributed by atoms with Gasteiger partial charge in [0.05, 0.1) is 6.42 Å². The van der Waals surface area contributed by atoms with Gasteiger partial charge in [0.25, 0.3) is 0 Å². The summed E-state index contributed by atoms with van der Waals surface area (Å²) < 4.78 is 0. The second kappa shape index (κ2) is 8.99. The van der Waals surface area contributed by atoms with Crippen molar-refractivity contribution in [2.24, 2.45) is 0 Å². The summed E-state index contributed by atoms with van der Waals surface area (Å²) in [5.41, 5.74) is 2.09. The standard InChI is InChI=1S/C23H24N2O2/c1-25(17-20-12-7-11-19-10-5-6-13-21(19)20)23(27)14-15-24-22(26)16-18-8-3-2-4-9-18/h2-13H,14-17H2,1H3,(H,24,26). The van der Waals surface area contributed by atoms with E-state index in [1.807, 2.05) is 54.6 Å². The van der Waals surface area contributed by atoms with Gasteiger partial charge in [-0.1, -0.05) is 72.8 Å². The summed E-state index contributed by atoms with van der Waals surface area (Å²) in [6, 6.07) is 23.9. The van der Waals surface area contributed by atoms with Crippen molar-refractivity contribution in [3.05, 3.63) is 83.9 Å². The quantitative estimate of drug-likeness (QED) is 0.700. The van der Waals surface area contributed by atoms with Crippen LogP contribution in [0.1, 0.15) is 17.5 Å². The van der Waals surface area contributed by atoms with Gasteiger partial charge in [0.15, 0.2) is 0 Å². The molecule has 0 saturated carbocycles. The van der Waals surface area contributed by atoms with Crippen molar-refractivity contribution in [3.63, 3.8) is 0 Å². The molecule has 3 rings (SSSR count). The van der Waals surface area contributed by atoms with E-state index in [1.54, 1.807) is 11.9 Å². The van der Waals surface area contributed by atoms with Crippen molar-refractivity contribution in [2.45, 2.75) is 19.4 Å². The van der Waals surface area contributed by atoms with Crippen LogP contribution < -0.4 is 5.32 Å². The summed E-state index contributed by atoms with van der Waals surface area (Å²) >= 11 is 0. The van der Waals surface area contributed by atoms with Crippen LogP contribution in [0.5, 0.6) is 0 Å². The minimum atomic E-state index is -0.0642. The molecule has 1 N–H and O–H groups in total. The van der Waals surface area contributed by atoms with E-state index in [-0.39, 0.29) is 11.8 Å². The van der Waals surface area contributed by atoms with Crippen molar-refractivity contribution < 1.29 is 9.59 Å². The van der Waals surface area contributed by atoms with Crippen molar-refractivity contribution in [2.75, 3.05) is 13.6 Å². The molecule has 0 radical (unpaired) electrons. The molecule has 0 aliphatic rings. The van der Waals surface area contributed by atoms with Crippen LogP contribution in [0.3, 0.4) is 0 Å². The van der Waals surface area contributed by atoms with Gasteiger partial charge in [-0.25, -0.2) is 0 Å². The zero-order chi connectivity index (χ0) is 19.1. The highest BCUT2D eigenvalue weighted by Crippen LogP contribution is 2.19. The molecule has 0 unspecified atom stereocenters. The lowest BCUT2D eigenvalue weighted by Gasteiger charge is -2.18. The van der Waals surface area contributed by atoms with E-state index < -0.39 is 0 Å². The second-order valence-electron chi connectivity index (χ2n) is 6.65. The number of amides is 2. The first-order chi connectivity index (χ1) is 13.1. The van der Waals surface area contributed by atoms with Gasteiger partial charge in [0, 0.05) is 26.6 Å². The van der Waals surface area contributed by atoms with E-state index in [0.29, 0.717) is 25.9 Å². The Morgan fingerprint density at radius 2 is 1.59 bits per heavy atom. The van der Waals surface area contributed by atoms with Crippen LogP contribution in [0.4, 0.5) is 0 Å². The maximum absolute atomic E-state index is 12.4. The number of hydrogen-bond donors (Lipinski definition) is 1. The summed E-state index contributed by atoms with van der Waals surface area (Å²) in [6.07, 6.45) is 0.628. The number of carbonyl (C=O) groups is 2. The third-order valence-electron chi connectivity index (χ3n) is 4.58. The van der Waals surface area contributed by atoms with Crippen molar-refractivity contribution in [3.8, 4) is 0 Å². The van der Waals surface area contributed by atoms with E-state index in [0.717, 1.165) is 16.5 Å². The maximum atomic E-state index is 12.4. The molecule has 0 bridgehead atoms. The van der Waals surface area contributed by atoms with E-state index >= 15 is 0 Å². The van der Waals surface area contributed by atoms with Crippen LogP contribution in [-0.4, -0.2) is 30.3 Å². The maximum Gasteiger partial charge on any atom is 0.224 e. The van der Waals surface area contributed by atoms with Crippen LogP contribution in [0, 0.1) is 0 Å². The largest absolute Gasteiger partial charge is 0.355 e. The molecule has 4 heteroatoms. The SMILES string of the molecule is CN(Cc1cccc2ccccc12)C(=O)CCNC(=O)Cc1ccccc1. The first kappa shape index (κ1) is 18.6. The number of carbonyl (C=O) groups excluding carboxylic acids is 2. The van der Waals surface area contributed by atoms with Crippen LogP contribution in [0.2, 0.25) is 0 Å². The van der Waals surface area contributed by atoms with E-state index in [4.69, 9.17) is 0 Å². The highest BCUT2D eigenvalue weighted by atomic mass is 16.2. The normalized spacial score (nSPS) is 10.6. The second-order valence-corrected chi connectivity index (χ2v) is 6.65. The Kier molecular flexibility index (Phi) is 6.21. The lowest BCUT2D eigenvalue weighted by atomic mass is 10.0. The smallest absolute Gasteiger partial charge is 0.224 e. The molecule has 0 atom stereocenters. The molecule has 0 aliphatic carbocycles. The van der Waals surface area contributed by atoms with Gasteiger partial charge in [-0.15, -0.1) is 0 Å². The first-order valence-corrected chi connectivity index (χ1v) is 9.15. The molecular formula is C23H24N2O2. The first-order valence-electron chi connectivity index (χ1n) is 9.15. The van der Waals surface area contributed by atoms with Gasteiger partial charge in [-0.3, -0.25) is 9.59 Å². The van der Waals surface area contributed by atoms with Crippen LogP contribution >= 0.6 is 0 Å². The molecule has 3 aromatic rings. The van der Waals surface area contributed by atoms with Gasteiger partial charge in [-0.05, 0) is 21.9 Å². The number of fused-ring (bicyclic) bond motifs is 1. The number of nitrogens with one attached hydrogen (secondary N) is 1. The molecule has 0 aromatic heterocycles. The molecule has 0 spiro atoms.